The Morgan fingerprint density at radius 2 is 2.25 bits per heavy atom. The van der Waals surface area contributed by atoms with E-state index in [0.717, 1.165) is 12.6 Å². The fraction of sp³-hybridized carbons (Fsp3) is 0.500. The van der Waals surface area contributed by atoms with E-state index in [1.165, 1.54) is 12.1 Å². The Balaban J connectivity index is 2.02. The molecule has 1 aromatic rings. The molecule has 1 aromatic heterocycles. The Bertz CT molecular complexity index is 458. The molecule has 0 spiro atoms. The lowest BCUT2D eigenvalue weighted by Crippen LogP contribution is -2.35. The summed E-state index contributed by atoms with van der Waals surface area (Å²) in [6.45, 7) is 0. The maximum atomic E-state index is 12.6. The fourth-order valence-corrected chi connectivity index (χ4v) is 3.44. The smallest absolute Gasteiger partial charge is 0.152 e. The van der Waals surface area contributed by atoms with E-state index < -0.39 is 15.7 Å². The van der Waals surface area contributed by atoms with Crippen LogP contribution in [0.2, 0.25) is 0 Å². The summed E-state index contributed by atoms with van der Waals surface area (Å²) in [7, 11) is -2.92. The summed E-state index contributed by atoms with van der Waals surface area (Å²) in [5.41, 5.74) is 0. The summed E-state index contributed by atoms with van der Waals surface area (Å²) < 4.78 is 35.4. The molecule has 2 heterocycles. The largest absolute Gasteiger partial charge is 0.366 e. The third-order valence-corrected chi connectivity index (χ3v) is 4.36. The van der Waals surface area contributed by atoms with Gasteiger partial charge in [0.15, 0.2) is 9.84 Å². The van der Waals surface area contributed by atoms with Crippen molar-refractivity contribution in [2.75, 3.05) is 16.8 Å². The first-order valence-electron chi connectivity index (χ1n) is 5.14. The van der Waals surface area contributed by atoms with E-state index >= 15 is 0 Å². The highest BCUT2D eigenvalue weighted by molar-refractivity contribution is 7.91. The molecule has 1 aliphatic heterocycles. The molecule has 0 radical (unpaired) electrons. The van der Waals surface area contributed by atoms with Gasteiger partial charge in [-0.2, -0.15) is 0 Å². The first-order valence-corrected chi connectivity index (χ1v) is 6.96. The number of nitrogens with one attached hydrogen (secondary N) is 1. The summed E-state index contributed by atoms with van der Waals surface area (Å²) in [6, 6.07) is 2.69. The van der Waals surface area contributed by atoms with Crippen molar-refractivity contribution in [2.45, 2.75) is 18.9 Å². The lowest BCUT2D eigenvalue weighted by atomic mass is 10.2. The Morgan fingerprint density at radius 3 is 2.88 bits per heavy atom. The van der Waals surface area contributed by atoms with Crippen LogP contribution in [0.4, 0.5) is 10.2 Å². The van der Waals surface area contributed by atoms with Crippen molar-refractivity contribution in [2.24, 2.45) is 0 Å². The lowest BCUT2D eigenvalue weighted by molar-refractivity contribution is 0.561. The van der Waals surface area contributed by atoms with Crippen LogP contribution in [-0.2, 0) is 9.84 Å². The highest BCUT2D eigenvalue weighted by Gasteiger charge is 2.24. The monoisotopic (exact) mass is 244 g/mol. The zero-order valence-corrected chi connectivity index (χ0v) is 9.50. The summed E-state index contributed by atoms with van der Waals surface area (Å²) in [5, 5.41) is 3.01. The predicted molar refractivity (Wildman–Crippen MR) is 59.5 cm³/mol. The molecule has 0 aromatic carbocycles. The van der Waals surface area contributed by atoms with Crippen molar-refractivity contribution in [1.29, 1.82) is 0 Å². The Labute approximate surface area is 93.8 Å². The van der Waals surface area contributed by atoms with Gasteiger partial charge in [0.25, 0.3) is 0 Å². The van der Waals surface area contributed by atoms with Gasteiger partial charge in [-0.1, -0.05) is 0 Å². The lowest BCUT2D eigenvalue weighted by Gasteiger charge is -2.23. The second-order valence-electron chi connectivity index (χ2n) is 3.96. The van der Waals surface area contributed by atoms with Gasteiger partial charge in [-0.05, 0) is 25.0 Å². The van der Waals surface area contributed by atoms with Crippen molar-refractivity contribution in [3.63, 3.8) is 0 Å². The van der Waals surface area contributed by atoms with E-state index in [-0.39, 0.29) is 17.5 Å². The molecule has 4 nitrogen and oxygen atoms in total. The highest BCUT2D eigenvalue weighted by atomic mass is 32.2. The number of nitrogens with zero attached hydrogens (tertiary/aromatic N) is 1. The van der Waals surface area contributed by atoms with E-state index in [9.17, 15) is 12.8 Å². The number of halogens is 1. The predicted octanol–water partition coefficient (Wildman–Crippen LogP) is 1.21. The van der Waals surface area contributed by atoms with Crippen molar-refractivity contribution < 1.29 is 12.8 Å². The quantitative estimate of drug-likeness (QED) is 0.849. The molecule has 0 saturated carbocycles. The number of aromatic nitrogens is 1. The minimum atomic E-state index is -2.92. The van der Waals surface area contributed by atoms with Gasteiger partial charge in [0.1, 0.15) is 11.6 Å². The highest BCUT2D eigenvalue weighted by Crippen LogP contribution is 2.16. The van der Waals surface area contributed by atoms with E-state index in [4.69, 9.17) is 0 Å². The van der Waals surface area contributed by atoms with Crippen molar-refractivity contribution in [3.05, 3.63) is 24.1 Å². The summed E-state index contributed by atoms with van der Waals surface area (Å²) in [4.78, 5) is 3.84. The molecule has 1 aliphatic rings. The average molecular weight is 244 g/mol. The molecule has 0 aliphatic carbocycles. The van der Waals surface area contributed by atoms with Crippen LogP contribution in [0.15, 0.2) is 18.3 Å². The number of pyridine rings is 1. The summed E-state index contributed by atoms with van der Waals surface area (Å²) >= 11 is 0. The van der Waals surface area contributed by atoms with E-state index in [0.29, 0.717) is 12.2 Å². The summed E-state index contributed by atoms with van der Waals surface area (Å²) in [6.07, 6.45) is 2.58. The van der Waals surface area contributed by atoms with Crippen molar-refractivity contribution >= 4 is 15.7 Å². The van der Waals surface area contributed by atoms with E-state index in [2.05, 4.69) is 10.3 Å². The molecule has 1 atom stereocenters. The molecule has 0 amide bonds. The number of anilines is 1. The van der Waals surface area contributed by atoms with Gasteiger partial charge < -0.3 is 5.32 Å². The molecule has 2 rings (SSSR count). The van der Waals surface area contributed by atoms with Gasteiger partial charge in [0.2, 0.25) is 0 Å². The minimum Gasteiger partial charge on any atom is -0.366 e. The number of hydrogen-bond acceptors (Lipinski definition) is 4. The van der Waals surface area contributed by atoms with Crippen LogP contribution in [-0.4, -0.2) is 30.9 Å². The maximum absolute atomic E-state index is 12.6. The molecule has 0 bridgehead atoms. The first kappa shape index (κ1) is 11.3. The standard InChI is InChI=1S/C10H13FN2O2S/c11-8-3-4-10(12-6-8)13-9-2-1-5-16(14,15)7-9/h3-4,6,9H,1-2,5,7H2,(H,12,13). The second kappa shape index (κ2) is 4.37. The topological polar surface area (TPSA) is 59.1 Å². The fourth-order valence-electron chi connectivity index (χ4n) is 1.81. The van der Waals surface area contributed by atoms with Crippen LogP contribution in [0.25, 0.3) is 0 Å². The average Bonchev–Trinajstić information content (AvgIpc) is 2.20. The maximum Gasteiger partial charge on any atom is 0.152 e. The molecule has 88 valence electrons. The van der Waals surface area contributed by atoms with Gasteiger partial charge in [0.05, 0.1) is 17.7 Å². The number of sulfone groups is 1. The molecule has 1 fully saturated rings. The minimum absolute atomic E-state index is 0.114. The third-order valence-electron chi connectivity index (χ3n) is 2.54. The van der Waals surface area contributed by atoms with Crippen LogP contribution < -0.4 is 5.32 Å². The van der Waals surface area contributed by atoms with Gasteiger partial charge in [-0.25, -0.2) is 17.8 Å². The zero-order chi connectivity index (χ0) is 11.6. The van der Waals surface area contributed by atoms with E-state index in [1.54, 1.807) is 0 Å². The van der Waals surface area contributed by atoms with Crippen molar-refractivity contribution in [1.82, 2.24) is 4.98 Å². The Kier molecular flexibility index (Phi) is 3.09. The summed E-state index contributed by atoms with van der Waals surface area (Å²) in [5.74, 6) is 0.513. The molecule has 1 saturated heterocycles. The normalized spacial score (nSPS) is 23.9. The van der Waals surface area contributed by atoms with Crippen LogP contribution >= 0.6 is 0 Å². The molecule has 6 heteroatoms. The third kappa shape index (κ3) is 2.91. The van der Waals surface area contributed by atoms with Crippen LogP contribution in [0.5, 0.6) is 0 Å². The molecular formula is C10H13FN2O2S. The van der Waals surface area contributed by atoms with Gasteiger partial charge >= 0.3 is 0 Å². The van der Waals surface area contributed by atoms with Gasteiger partial charge in [-0.15, -0.1) is 0 Å². The first-order chi connectivity index (χ1) is 7.55. The van der Waals surface area contributed by atoms with Crippen LogP contribution in [0.3, 0.4) is 0 Å². The van der Waals surface area contributed by atoms with Gasteiger partial charge in [-0.3, -0.25) is 0 Å². The van der Waals surface area contributed by atoms with E-state index in [1.807, 2.05) is 0 Å². The number of hydrogen-bond donors (Lipinski definition) is 1. The second-order valence-corrected chi connectivity index (χ2v) is 6.19. The van der Waals surface area contributed by atoms with Crippen molar-refractivity contribution in [3.8, 4) is 0 Å². The van der Waals surface area contributed by atoms with Gasteiger partial charge in [0, 0.05) is 6.04 Å². The molecular weight excluding hydrogens is 231 g/mol. The molecule has 1 N–H and O–H groups in total. The molecule has 16 heavy (non-hydrogen) atoms. The molecule has 1 unspecified atom stereocenters. The zero-order valence-electron chi connectivity index (χ0n) is 8.69. The Hall–Kier alpha value is -1.17. The number of rotatable bonds is 2. The van der Waals surface area contributed by atoms with Crippen LogP contribution in [0.1, 0.15) is 12.8 Å². The SMILES string of the molecule is O=S1(=O)CCCC(Nc2ccc(F)cn2)C1. The van der Waals surface area contributed by atoms with Crippen LogP contribution in [0, 0.1) is 5.82 Å². The Morgan fingerprint density at radius 1 is 1.44 bits per heavy atom.